The molecule has 0 radical (unpaired) electrons. The number of benzene rings is 2. The Morgan fingerprint density at radius 2 is 1.72 bits per heavy atom. The second-order valence-electron chi connectivity index (χ2n) is 6.02. The maximum Gasteiger partial charge on any atom is 0.130 e. The number of anilines is 2. The van der Waals surface area contributed by atoms with Gasteiger partial charge in [0.15, 0.2) is 0 Å². The Labute approximate surface area is 157 Å². The monoisotopic (exact) mass is 382 g/mol. The highest BCUT2D eigenvalue weighted by molar-refractivity contribution is 6.39. The van der Waals surface area contributed by atoms with Gasteiger partial charge < -0.3 is 15.1 Å². The van der Waals surface area contributed by atoms with Gasteiger partial charge in [-0.2, -0.15) is 0 Å². The third-order valence-electron chi connectivity index (χ3n) is 3.47. The van der Waals surface area contributed by atoms with Crippen molar-refractivity contribution in [2.24, 2.45) is 4.99 Å². The van der Waals surface area contributed by atoms with E-state index in [0.29, 0.717) is 33.5 Å². The van der Waals surface area contributed by atoms with E-state index in [4.69, 9.17) is 23.2 Å². The van der Waals surface area contributed by atoms with Crippen molar-refractivity contribution in [3.8, 4) is 0 Å². The van der Waals surface area contributed by atoms with Crippen molar-refractivity contribution < 1.29 is 4.39 Å². The number of rotatable bonds is 6. The van der Waals surface area contributed by atoms with Crippen LogP contribution in [0.25, 0.3) is 0 Å². The molecule has 7 heteroatoms. The van der Waals surface area contributed by atoms with Crippen molar-refractivity contribution in [2.45, 2.75) is 6.54 Å². The first-order valence-corrected chi connectivity index (χ1v) is 8.43. The number of hydrogen-bond acceptors (Lipinski definition) is 3. The van der Waals surface area contributed by atoms with Gasteiger partial charge in [-0.15, -0.1) is 0 Å². The summed E-state index contributed by atoms with van der Waals surface area (Å²) < 4.78 is 14.2. The van der Waals surface area contributed by atoms with Crippen molar-refractivity contribution >= 4 is 46.6 Å². The standard InChI is InChI=1S/C18H21Cl2FN4/c1-24(2)11-23-18-15(19)7-13(8-16(18)20)22-10-12-5-6-14(25(3)4)9-17(12)21/h5-9,11,22H,10H2,1-4H3/b23-11-. The number of aliphatic imine (C=N–C) groups is 1. The van der Waals surface area contributed by atoms with Gasteiger partial charge in [-0.3, -0.25) is 0 Å². The summed E-state index contributed by atoms with van der Waals surface area (Å²) in [5, 5.41) is 3.99. The number of nitrogens with one attached hydrogen (secondary N) is 1. The molecule has 1 N–H and O–H groups in total. The summed E-state index contributed by atoms with van der Waals surface area (Å²) in [7, 11) is 7.46. The summed E-state index contributed by atoms with van der Waals surface area (Å²) in [4.78, 5) is 7.89. The Morgan fingerprint density at radius 3 is 2.24 bits per heavy atom. The Morgan fingerprint density at radius 1 is 1.08 bits per heavy atom. The Hall–Kier alpha value is -1.98. The number of halogens is 3. The second kappa shape index (κ2) is 8.41. The predicted molar refractivity (Wildman–Crippen MR) is 106 cm³/mol. The average Bonchev–Trinajstić information content (AvgIpc) is 2.52. The molecular weight excluding hydrogens is 362 g/mol. The lowest BCUT2D eigenvalue weighted by atomic mass is 10.1. The van der Waals surface area contributed by atoms with Crippen LogP contribution < -0.4 is 10.2 Å². The minimum atomic E-state index is -0.261. The molecule has 2 aromatic rings. The van der Waals surface area contributed by atoms with Gasteiger partial charge in [-0.25, -0.2) is 9.38 Å². The van der Waals surface area contributed by atoms with E-state index in [2.05, 4.69) is 10.3 Å². The Kier molecular flexibility index (Phi) is 6.51. The van der Waals surface area contributed by atoms with Crippen LogP contribution >= 0.6 is 23.2 Å². The van der Waals surface area contributed by atoms with E-state index in [0.717, 1.165) is 5.69 Å². The van der Waals surface area contributed by atoms with Crippen molar-refractivity contribution in [1.29, 1.82) is 0 Å². The summed E-state index contributed by atoms with van der Waals surface area (Å²) in [6.07, 6.45) is 1.63. The van der Waals surface area contributed by atoms with E-state index in [1.807, 2.05) is 39.2 Å². The zero-order valence-corrected chi connectivity index (χ0v) is 16.2. The largest absolute Gasteiger partial charge is 0.381 e. The summed E-state index contributed by atoms with van der Waals surface area (Å²) in [6, 6.07) is 8.59. The molecule has 0 saturated heterocycles. The predicted octanol–water partition coefficient (Wildman–Crippen LogP) is 5.03. The lowest BCUT2D eigenvalue weighted by molar-refractivity contribution is 0.613. The number of nitrogens with zero attached hydrogens (tertiary/aromatic N) is 3. The lowest BCUT2D eigenvalue weighted by Gasteiger charge is -2.14. The fourth-order valence-electron chi connectivity index (χ4n) is 2.12. The van der Waals surface area contributed by atoms with Gasteiger partial charge in [-0.1, -0.05) is 29.3 Å². The van der Waals surface area contributed by atoms with Crippen LogP contribution in [0, 0.1) is 5.82 Å². The van der Waals surface area contributed by atoms with Gasteiger partial charge in [-0.05, 0) is 24.3 Å². The molecule has 0 amide bonds. The van der Waals surface area contributed by atoms with Crippen molar-refractivity contribution in [3.05, 3.63) is 51.8 Å². The molecule has 0 aliphatic rings. The van der Waals surface area contributed by atoms with Gasteiger partial charge in [0, 0.05) is 51.7 Å². The van der Waals surface area contributed by atoms with Gasteiger partial charge in [0.25, 0.3) is 0 Å². The third kappa shape index (κ3) is 5.25. The van der Waals surface area contributed by atoms with E-state index < -0.39 is 0 Å². The van der Waals surface area contributed by atoms with E-state index >= 15 is 0 Å². The lowest BCUT2D eigenvalue weighted by Crippen LogP contribution is -2.10. The highest BCUT2D eigenvalue weighted by atomic mass is 35.5. The first kappa shape index (κ1) is 19.3. The fraction of sp³-hybridized carbons (Fsp3) is 0.278. The average molecular weight is 383 g/mol. The molecule has 2 aromatic carbocycles. The van der Waals surface area contributed by atoms with Crippen molar-refractivity contribution in [2.75, 3.05) is 38.4 Å². The maximum absolute atomic E-state index is 14.2. The van der Waals surface area contributed by atoms with E-state index in [1.165, 1.54) is 6.07 Å². The van der Waals surface area contributed by atoms with Crippen LogP contribution in [0.5, 0.6) is 0 Å². The van der Waals surface area contributed by atoms with E-state index in [-0.39, 0.29) is 5.82 Å². The zero-order valence-electron chi connectivity index (χ0n) is 14.6. The minimum Gasteiger partial charge on any atom is -0.381 e. The Balaban J connectivity index is 2.14. The summed E-state index contributed by atoms with van der Waals surface area (Å²) >= 11 is 12.5. The third-order valence-corrected chi connectivity index (χ3v) is 4.05. The summed E-state index contributed by atoms with van der Waals surface area (Å²) in [6.45, 7) is 0.326. The van der Waals surface area contributed by atoms with Crippen LogP contribution in [0.15, 0.2) is 35.3 Å². The quantitative estimate of drug-likeness (QED) is 0.561. The van der Waals surface area contributed by atoms with Crippen LogP contribution in [0.4, 0.5) is 21.5 Å². The molecule has 2 rings (SSSR count). The number of hydrogen-bond donors (Lipinski definition) is 1. The smallest absolute Gasteiger partial charge is 0.130 e. The first-order valence-electron chi connectivity index (χ1n) is 7.67. The van der Waals surface area contributed by atoms with Crippen LogP contribution in [-0.2, 0) is 6.54 Å². The van der Waals surface area contributed by atoms with Crippen molar-refractivity contribution in [1.82, 2.24) is 4.90 Å². The first-order chi connectivity index (χ1) is 11.8. The second-order valence-corrected chi connectivity index (χ2v) is 6.83. The molecule has 0 heterocycles. The molecule has 134 valence electrons. The molecule has 25 heavy (non-hydrogen) atoms. The normalized spacial score (nSPS) is 11.0. The molecule has 0 saturated carbocycles. The summed E-state index contributed by atoms with van der Waals surface area (Å²) in [5.41, 5.74) is 2.59. The van der Waals surface area contributed by atoms with E-state index in [1.54, 1.807) is 29.4 Å². The molecule has 0 bridgehead atoms. The zero-order chi connectivity index (χ0) is 18.6. The molecular formula is C18H21Cl2FN4. The highest BCUT2D eigenvalue weighted by Crippen LogP contribution is 2.36. The molecule has 0 aromatic heterocycles. The Bertz CT molecular complexity index is 753. The van der Waals surface area contributed by atoms with Crippen LogP contribution in [0.3, 0.4) is 0 Å². The van der Waals surface area contributed by atoms with Crippen LogP contribution in [-0.4, -0.2) is 39.4 Å². The van der Waals surface area contributed by atoms with Gasteiger partial charge in [0.1, 0.15) is 11.5 Å². The highest BCUT2D eigenvalue weighted by Gasteiger charge is 2.09. The molecule has 0 atom stereocenters. The minimum absolute atomic E-state index is 0.261. The summed E-state index contributed by atoms with van der Waals surface area (Å²) in [5.74, 6) is -0.261. The van der Waals surface area contributed by atoms with E-state index in [9.17, 15) is 4.39 Å². The fourth-order valence-corrected chi connectivity index (χ4v) is 2.70. The van der Waals surface area contributed by atoms with Crippen LogP contribution in [0.2, 0.25) is 10.0 Å². The molecule has 0 fully saturated rings. The molecule has 4 nitrogen and oxygen atoms in total. The van der Waals surface area contributed by atoms with Gasteiger partial charge in [0.2, 0.25) is 0 Å². The molecule has 0 unspecified atom stereocenters. The van der Waals surface area contributed by atoms with Crippen molar-refractivity contribution in [3.63, 3.8) is 0 Å². The maximum atomic E-state index is 14.2. The van der Waals surface area contributed by atoms with Gasteiger partial charge in [0.05, 0.1) is 16.4 Å². The molecule has 0 aliphatic heterocycles. The van der Waals surface area contributed by atoms with Crippen LogP contribution in [0.1, 0.15) is 5.56 Å². The SMILES string of the molecule is CN(C)/C=N\c1c(Cl)cc(NCc2ccc(N(C)C)cc2F)cc1Cl. The molecule has 0 spiro atoms. The van der Waals surface area contributed by atoms with Gasteiger partial charge >= 0.3 is 0 Å². The molecule has 0 aliphatic carbocycles. The topological polar surface area (TPSA) is 30.9 Å².